The first kappa shape index (κ1) is 11.6. The first-order valence-corrected chi connectivity index (χ1v) is 5.84. The Morgan fingerprint density at radius 1 is 1.41 bits per heavy atom. The zero-order chi connectivity index (χ0) is 12.4. The quantitative estimate of drug-likeness (QED) is 0.819. The van der Waals surface area contributed by atoms with Crippen LogP contribution < -0.4 is 0 Å². The Balaban J connectivity index is 2.20. The summed E-state index contributed by atoms with van der Waals surface area (Å²) in [5.41, 5.74) is 0.217. The predicted octanol–water partition coefficient (Wildman–Crippen LogP) is 2.29. The van der Waals surface area contributed by atoms with Gasteiger partial charge in [0.2, 0.25) is 0 Å². The van der Waals surface area contributed by atoms with Crippen molar-refractivity contribution in [3.8, 4) is 11.5 Å². The van der Waals surface area contributed by atoms with Gasteiger partial charge in [-0.3, -0.25) is 4.79 Å². The number of phenols is 2. The van der Waals surface area contributed by atoms with Crippen molar-refractivity contribution in [2.24, 2.45) is 0 Å². The van der Waals surface area contributed by atoms with Crippen LogP contribution in [0.15, 0.2) is 24.4 Å². The molecule has 2 aromatic rings. The van der Waals surface area contributed by atoms with E-state index >= 15 is 0 Å². The molecule has 0 radical (unpaired) electrons. The van der Waals surface area contributed by atoms with Gasteiger partial charge in [0.1, 0.15) is 11.5 Å². The van der Waals surface area contributed by atoms with E-state index in [1.165, 1.54) is 23.5 Å². The Morgan fingerprint density at radius 3 is 2.76 bits per heavy atom. The molecule has 88 valence electrons. The number of aromatic hydroxyl groups is 2. The summed E-state index contributed by atoms with van der Waals surface area (Å²) in [6.07, 6.45) is 1.87. The standard InChI is InChI=1S/C12H11NO3S/c1-7-13-6-9(17-7)5-12(16)10-3-2-8(14)4-11(10)15/h2-4,6,14-15H,5H2,1H3. The summed E-state index contributed by atoms with van der Waals surface area (Å²) in [5, 5.41) is 19.6. The lowest BCUT2D eigenvalue weighted by molar-refractivity contribution is 0.0991. The monoisotopic (exact) mass is 249 g/mol. The fourth-order valence-electron chi connectivity index (χ4n) is 1.50. The molecule has 0 aliphatic heterocycles. The third kappa shape index (κ3) is 2.62. The van der Waals surface area contributed by atoms with Crippen LogP contribution in [-0.2, 0) is 6.42 Å². The summed E-state index contributed by atoms with van der Waals surface area (Å²) in [6, 6.07) is 3.96. The summed E-state index contributed by atoms with van der Waals surface area (Å²) in [5.74, 6) is -0.449. The number of aromatic nitrogens is 1. The van der Waals surface area contributed by atoms with Gasteiger partial charge in [-0.05, 0) is 19.1 Å². The summed E-state index contributed by atoms with van der Waals surface area (Å²) in [4.78, 5) is 16.8. The molecule has 0 saturated heterocycles. The zero-order valence-corrected chi connectivity index (χ0v) is 9.99. The molecule has 1 aromatic carbocycles. The van der Waals surface area contributed by atoms with E-state index in [-0.39, 0.29) is 29.3 Å². The number of Topliss-reactive ketones (excluding diaryl/α,β-unsaturated/α-hetero) is 1. The van der Waals surface area contributed by atoms with Crippen molar-refractivity contribution in [2.45, 2.75) is 13.3 Å². The highest BCUT2D eigenvalue weighted by molar-refractivity contribution is 7.11. The molecular weight excluding hydrogens is 238 g/mol. The number of aryl methyl sites for hydroxylation is 1. The molecule has 2 rings (SSSR count). The van der Waals surface area contributed by atoms with Crippen molar-refractivity contribution in [1.29, 1.82) is 0 Å². The van der Waals surface area contributed by atoms with E-state index in [2.05, 4.69) is 4.98 Å². The number of carbonyl (C=O) groups is 1. The predicted molar refractivity (Wildman–Crippen MR) is 64.7 cm³/mol. The van der Waals surface area contributed by atoms with E-state index in [0.29, 0.717) is 0 Å². The summed E-state index contributed by atoms with van der Waals surface area (Å²) < 4.78 is 0. The van der Waals surface area contributed by atoms with Crippen LogP contribution in [0.25, 0.3) is 0 Å². The van der Waals surface area contributed by atoms with Crippen LogP contribution in [0.3, 0.4) is 0 Å². The molecule has 17 heavy (non-hydrogen) atoms. The number of nitrogens with zero attached hydrogens (tertiary/aromatic N) is 1. The minimum Gasteiger partial charge on any atom is -0.508 e. The maximum absolute atomic E-state index is 11.9. The highest BCUT2D eigenvalue weighted by Gasteiger charge is 2.13. The van der Waals surface area contributed by atoms with Crippen LogP contribution in [0.2, 0.25) is 0 Å². The molecule has 0 spiro atoms. The number of ketones is 1. The average molecular weight is 249 g/mol. The van der Waals surface area contributed by atoms with Crippen molar-refractivity contribution in [2.75, 3.05) is 0 Å². The largest absolute Gasteiger partial charge is 0.508 e. The molecule has 1 heterocycles. The smallest absolute Gasteiger partial charge is 0.171 e. The molecule has 0 unspecified atom stereocenters. The maximum atomic E-state index is 11.9. The second kappa shape index (κ2) is 4.55. The van der Waals surface area contributed by atoms with Gasteiger partial charge in [-0.25, -0.2) is 4.98 Å². The third-order valence-electron chi connectivity index (χ3n) is 2.29. The van der Waals surface area contributed by atoms with Gasteiger partial charge in [0.05, 0.1) is 10.6 Å². The minimum absolute atomic E-state index is 0.0623. The molecule has 0 aliphatic carbocycles. The number of hydrogen-bond donors (Lipinski definition) is 2. The Kier molecular flexibility index (Phi) is 3.10. The molecule has 2 N–H and O–H groups in total. The first-order valence-electron chi connectivity index (χ1n) is 5.03. The van der Waals surface area contributed by atoms with Gasteiger partial charge < -0.3 is 10.2 Å². The Labute approximate surface area is 102 Å². The van der Waals surface area contributed by atoms with Crippen LogP contribution in [0, 0.1) is 6.92 Å². The molecule has 0 fully saturated rings. The van der Waals surface area contributed by atoms with E-state index in [9.17, 15) is 9.90 Å². The van der Waals surface area contributed by atoms with Crippen LogP contribution in [-0.4, -0.2) is 21.0 Å². The summed E-state index contributed by atoms with van der Waals surface area (Å²) in [6.45, 7) is 1.87. The molecular formula is C12H11NO3S. The Morgan fingerprint density at radius 2 is 2.18 bits per heavy atom. The second-order valence-corrected chi connectivity index (χ2v) is 4.97. The maximum Gasteiger partial charge on any atom is 0.171 e. The van der Waals surface area contributed by atoms with Crippen molar-refractivity contribution in [1.82, 2.24) is 4.98 Å². The number of thiazole rings is 1. The second-order valence-electron chi connectivity index (χ2n) is 3.65. The van der Waals surface area contributed by atoms with Crippen molar-refractivity contribution in [3.63, 3.8) is 0 Å². The number of carbonyl (C=O) groups excluding carboxylic acids is 1. The molecule has 0 saturated carbocycles. The van der Waals surface area contributed by atoms with Crippen LogP contribution in [0.4, 0.5) is 0 Å². The van der Waals surface area contributed by atoms with Gasteiger partial charge in [-0.1, -0.05) is 0 Å². The third-order valence-corrected chi connectivity index (χ3v) is 3.20. The molecule has 1 aromatic heterocycles. The van der Waals surface area contributed by atoms with Gasteiger partial charge in [-0.2, -0.15) is 0 Å². The van der Waals surface area contributed by atoms with Crippen LogP contribution in [0.1, 0.15) is 20.2 Å². The van der Waals surface area contributed by atoms with E-state index in [1.54, 1.807) is 6.20 Å². The highest BCUT2D eigenvalue weighted by Crippen LogP contribution is 2.24. The molecule has 0 aliphatic rings. The molecule has 0 atom stereocenters. The van der Waals surface area contributed by atoms with Crippen molar-refractivity contribution in [3.05, 3.63) is 39.8 Å². The first-order chi connectivity index (χ1) is 8.06. The topological polar surface area (TPSA) is 70.4 Å². The highest BCUT2D eigenvalue weighted by atomic mass is 32.1. The Hall–Kier alpha value is -1.88. The average Bonchev–Trinajstić information content (AvgIpc) is 2.63. The normalized spacial score (nSPS) is 10.4. The van der Waals surface area contributed by atoms with Gasteiger partial charge in [0.25, 0.3) is 0 Å². The van der Waals surface area contributed by atoms with Crippen LogP contribution in [0.5, 0.6) is 11.5 Å². The summed E-state index contributed by atoms with van der Waals surface area (Å²) in [7, 11) is 0. The fourth-order valence-corrected chi connectivity index (χ4v) is 2.29. The van der Waals surface area contributed by atoms with Crippen LogP contribution >= 0.6 is 11.3 Å². The Bertz CT molecular complexity index is 563. The number of benzene rings is 1. The van der Waals surface area contributed by atoms with Gasteiger partial charge in [0, 0.05) is 23.6 Å². The van der Waals surface area contributed by atoms with Crippen molar-refractivity contribution >= 4 is 17.1 Å². The SMILES string of the molecule is Cc1ncc(CC(=O)c2ccc(O)cc2O)s1. The van der Waals surface area contributed by atoms with Gasteiger partial charge in [-0.15, -0.1) is 11.3 Å². The molecule has 4 nitrogen and oxygen atoms in total. The lowest BCUT2D eigenvalue weighted by atomic mass is 10.1. The summed E-state index contributed by atoms with van der Waals surface area (Å²) >= 11 is 1.46. The molecule has 5 heteroatoms. The lowest BCUT2D eigenvalue weighted by Crippen LogP contribution is -2.02. The van der Waals surface area contributed by atoms with Crippen molar-refractivity contribution < 1.29 is 15.0 Å². The van der Waals surface area contributed by atoms with E-state index in [1.807, 2.05) is 6.92 Å². The lowest BCUT2D eigenvalue weighted by Gasteiger charge is -2.02. The van der Waals surface area contributed by atoms with Gasteiger partial charge in [0.15, 0.2) is 5.78 Å². The number of phenolic OH excluding ortho intramolecular Hbond substituents is 2. The fraction of sp³-hybridized carbons (Fsp3) is 0.167. The van der Waals surface area contributed by atoms with E-state index in [0.717, 1.165) is 16.0 Å². The zero-order valence-electron chi connectivity index (χ0n) is 9.17. The van der Waals surface area contributed by atoms with E-state index in [4.69, 9.17) is 5.11 Å². The minimum atomic E-state index is -0.198. The number of rotatable bonds is 3. The van der Waals surface area contributed by atoms with E-state index < -0.39 is 0 Å². The molecule has 0 amide bonds. The number of hydrogen-bond acceptors (Lipinski definition) is 5. The molecule has 0 bridgehead atoms. The van der Waals surface area contributed by atoms with Gasteiger partial charge >= 0.3 is 0 Å².